The van der Waals surface area contributed by atoms with Crippen LogP contribution in [0.2, 0.25) is 0 Å². The molecule has 1 atom stereocenters. The normalized spacial score (nSPS) is 11.5. The van der Waals surface area contributed by atoms with Gasteiger partial charge in [-0.05, 0) is 35.7 Å². The van der Waals surface area contributed by atoms with Gasteiger partial charge in [-0.2, -0.15) is 0 Å². The van der Waals surface area contributed by atoms with Gasteiger partial charge in [-0.3, -0.25) is 9.59 Å². The number of carbonyl (C=O) groups excluding carboxylic acids is 3. The predicted molar refractivity (Wildman–Crippen MR) is 114 cm³/mol. The average molecular weight is 413 g/mol. The molecule has 0 spiro atoms. The molecule has 3 N–H and O–H groups in total. The lowest BCUT2D eigenvalue weighted by Crippen LogP contribution is -2.47. The van der Waals surface area contributed by atoms with Crippen LogP contribution in [-0.4, -0.2) is 37.7 Å². The molecule has 0 bridgehead atoms. The minimum atomic E-state index is -0.769. The lowest BCUT2D eigenvalue weighted by Gasteiger charge is -2.21. The predicted octanol–water partition coefficient (Wildman–Crippen LogP) is 3.16. The Labute approximate surface area is 175 Å². The molecule has 160 valence electrons. The third-order valence-corrected chi connectivity index (χ3v) is 4.15. The molecule has 30 heavy (non-hydrogen) atoms. The summed E-state index contributed by atoms with van der Waals surface area (Å²) >= 11 is 0. The molecule has 0 saturated heterocycles. The van der Waals surface area contributed by atoms with Crippen LogP contribution in [-0.2, 0) is 25.7 Å². The first kappa shape index (κ1) is 22.9. The molecule has 8 nitrogen and oxygen atoms in total. The maximum atomic E-state index is 12.6. The van der Waals surface area contributed by atoms with Gasteiger partial charge < -0.3 is 25.4 Å². The Morgan fingerprint density at radius 2 is 1.50 bits per heavy atom. The second kappa shape index (κ2) is 11.6. The van der Waals surface area contributed by atoms with Crippen LogP contribution in [0.4, 0.5) is 16.2 Å². The summed E-state index contributed by atoms with van der Waals surface area (Å²) in [5, 5.41) is 8.04. The summed E-state index contributed by atoms with van der Waals surface area (Å²) in [5.41, 5.74) is 1.98. The van der Waals surface area contributed by atoms with Crippen molar-refractivity contribution < 1.29 is 23.9 Å². The number of carbonyl (C=O) groups is 3. The molecular weight excluding hydrogens is 386 g/mol. The van der Waals surface area contributed by atoms with Crippen LogP contribution in [0.3, 0.4) is 0 Å². The molecule has 0 heterocycles. The molecule has 0 aliphatic carbocycles. The van der Waals surface area contributed by atoms with Gasteiger partial charge in [-0.15, -0.1) is 0 Å². The van der Waals surface area contributed by atoms with Gasteiger partial charge >= 0.3 is 6.09 Å². The van der Waals surface area contributed by atoms with E-state index in [0.29, 0.717) is 11.4 Å². The summed E-state index contributed by atoms with van der Waals surface area (Å²) in [7, 11) is 1.44. The number of hydrogen-bond acceptors (Lipinski definition) is 5. The van der Waals surface area contributed by atoms with Crippen LogP contribution in [0.5, 0.6) is 0 Å². The van der Waals surface area contributed by atoms with Crippen molar-refractivity contribution in [2.45, 2.75) is 26.5 Å². The molecule has 0 radical (unpaired) electrons. The molecule has 2 aromatic rings. The van der Waals surface area contributed by atoms with E-state index in [9.17, 15) is 14.4 Å². The number of anilines is 2. The van der Waals surface area contributed by atoms with E-state index >= 15 is 0 Å². The number of nitrogens with one attached hydrogen (secondary N) is 3. The summed E-state index contributed by atoms with van der Waals surface area (Å²) in [6.45, 7) is 3.74. The minimum absolute atomic E-state index is 0.0411. The Kier molecular flexibility index (Phi) is 8.83. The summed E-state index contributed by atoms with van der Waals surface area (Å²) in [4.78, 5) is 36.3. The first-order valence-corrected chi connectivity index (χ1v) is 9.56. The van der Waals surface area contributed by atoms with Gasteiger partial charge in [0.25, 0.3) is 0 Å². The van der Waals surface area contributed by atoms with Crippen LogP contribution in [0.15, 0.2) is 54.6 Å². The number of ether oxygens (including phenoxy) is 2. The largest absolute Gasteiger partial charge is 0.445 e. The molecule has 0 fully saturated rings. The molecule has 0 saturated carbocycles. The summed E-state index contributed by atoms with van der Waals surface area (Å²) in [5.74, 6) is -0.785. The lowest BCUT2D eigenvalue weighted by atomic mass is 10.0. The van der Waals surface area contributed by atoms with Crippen molar-refractivity contribution in [2.75, 3.05) is 24.4 Å². The van der Waals surface area contributed by atoms with Crippen molar-refractivity contribution in [3.05, 3.63) is 60.2 Å². The SMILES string of the molecule is COCC(=O)Nc1ccc(NC(=O)[C@@H](NC(=O)OCc2ccccc2)C(C)C)cc1. The van der Waals surface area contributed by atoms with E-state index in [0.717, 1.165) is 5.56 Å². The quantitative estimate of drug-likeness (QED) is 0.586. The molecule has 3 amide bonds. The van der Waals surface area contributed by atoms with E-state index in [4.69, 9.17) is 9.47 Å². The fraction of sp³-hybridized carbons (Fsp3) is 0.318. The van der Waals surface area contributed by atoms with Gasteiger partial charge in [0.2, 0.25) is 11.8 Å². The van der Waals surface area contributed by atoms with E-state index in [1.54, 1.807) is 24.3 Å². The molecule has 0 aromatic heterocycles. The van der Waals surface area contributed by atoms with Crippen molar-refractivity contribution in [2.24, 2.45) is 5.92 Å². The molecule has 2 rings (SSSR count). The number of hydrogen-bond donors (Lipinski definition) is 3. The second-order valence-corrected chi connectivity index (χ2v) is 6.98. The zero-order chi connectivity index (χ0) is 21.9. The molecule has 2 aromatic carbocycles. The highest BCUT2D eigenvalue weighted by atomic mass is 16.5. The summed E-state index contributed by atoms with van der Waals surface area (Å²) < 4.78 is 9.96. The van der Waals surface area contributed by atoms with Crippen molar-refractivity contribution in [3.8, 4) is 0 Å². The highest BCUT2D eigenvalue weighted by Crippen LogP contribution is 2.15. The summed E-state index contributed by atoms with van der Waals surface area (Å²) in [6.07, 6.45) is -0.663. The van der Waals surface area contributed by atoms with Crippen LogP contribution in [0.1, 0.15) is 19.4 Å². The van der Waals surface area contributed by atoms with Crippen molar-refractivity contribution in [1.82, 2.24) is 5.32 Å². The van der Waals surface area contributed by atoms with Crippen LogP contribution in [0.25, 0.3) is 0 Å². The fourth-order valence-corrected chi connectivity index (χ4v) is 2.61. The maximum Gasteiger partial charge on any atom is 0.408 e. The number of benzene rings is 2. The number of amides is 3. The molecular formula is C22H27N3O5. The molecule has 0 aliphatic heterocycles. The zero-order valence-electron chi connectivity index (χ0n) is 17.3. The average Bonchev–Trinajstić information content (AvgIpc) is 2.72. The Morgan fingerprint density at radius 1 is 0.900 bits per heavy atom. The number of rotatable bonds is 9. The van der Waals surface area contributed by atoms with Gasteiger partial charge in [-0.1, -0.05) is 44.2 Å². The fourth-order valence-electron chi connectivity index (χ4n) is 2.61. The van der Waals surface area contributed by atoms with Crippen LogP contribution >= 0.6 is 0 Å². The Bertz CT molecular complexity index is 838. The van der Waals surface area contributed by atoms with Gasteiger partial charge in [0.15, 0.2) is 0 Å². The van der Waals surface area contributed by atoms with Crippen molar-refractivity contribution in [1.29, 1.82) is 0 Å². The maximum absolute atomic E-state index is 12.6. The van der Waals surface area contributed by atoms with Gasteiger partial charge in [0, 0.05) is 18.5 Å². The number of alkyl carbamates (subject to hydrolysis) is 1. The minimum Gasteiger partial charge on any atom is -0.445 e. The Morgan fingerprint density at radius 3 is 2.07 bits per heavy atom. The lowest BCUT2D eigenvalue weighted by molar-refractivity contribution is -0.120. The first-order valence-electron chi connectivity index (χ1n) is 9.56. The molecule has 0 unspecified atom stereocenters. The smallest absolute Gasteiger partial charge is 0.408 e. The van der Waals surface area contributed by atoms with Crippen LogP contribution < -0.4 is 16.0 Å². The molecule has 0 aliphatic rings. The highest BCUT2D eigenvalue weighted by Gasteiger charge is 2.25. The first-order chi connectivity index (χ1) is 14.4. The Hall–Kier alpha value is -3.39. The molecule has 8 heteroatoms. The van der Waals surface area contributed by atoms with E-state index in [-0.39, 0.29) is 30.9 Å². The highest BCUT2D eigenvalue weighted by molar-refractivity contribution is 5.97. The van der Waals surface area contributed by atoms with Gasteiger partial charge in [-0.25, -0.2) is 4.79 Å². The van der Waals surface area contributed by atoms with E-state index < -0.39 is 12.1 Å². The third kappa shape index (κ3) is 7.56. The van der Waals surface area contributed by atoms with E-state index in [1.165, 1.54) is 7.11 Å². The van der Waals surface area contributed by atoms with E-state index in [1.807, 2.05) is 44.2 Å². The topological polar surface area (TPSA) is 106 Å². The van der Waals surface area contributed by atoms with Crippen molar-refractivity contribution in [3.63, 3.8) is 0 Å². The summed E-state index contributed by atoms with van der Waals surface area (Å²) in [6, 6.07) is 15.2. The number of methoxy groups -OCH3 is 1. The zero-order valence-corrected chi connectivity index (χ0v) is 17.3. The van der Waals surface area contributed by atoms with Crippen molar-refractivity contribution >= 4 is 29.3 Å². The monoisotopic (exact) mass is 413 g/mol. The van der Waals surface area contributed by atoms with E-state index in [2.05, 4.69) is 16.0 Å². The second-order valence-electron chi connectivity index (χ2n) is 6.98. The van der Waals surface area contributed by atoms with Gasteiger partial charge in [0.05, 0.1) is 0 Å². The van der Waals surface area contributed by atoms with Gasteiger partial charge in [0.1, 0.15) is 19.3 Å². The third-order valence-electron chi connectivity index (χ3n) is 4.15. The Balaban J connectivity index is 1.90. The standard InChI is InChI=1S/C22H27N3O5/c1-15(2)20(25-22(28)30-13-16-7-5-4-6-8-16)21(27)24-18-11-9-17(10-12-18)23-19(26)14-29-3/h4-12,15,20H,13-14H2,1-3H3,(H,23,26)(H,24,27)(H,25,28)/t20-/m0/s1. The van der Waals surface area contributed by atoms with Crippen LogP contribution in [0, 0.1) is 5.92 Å².